The van der Waals surface area contributed by atoms with Gasteiger partial charge in [-0.3, -0.25) is 5.32 Å². The highest BCUT2D eigenvalue weighted by Gasteiger charge is 2.32. The number of fused-ring (bicyclic) bond motifs is 6. The fourth-order valence-electron chi connectivity index (χ4n) is 8.63. The summed E-state index contributed by atoms with van der Waals surface area (Å²) in [6, 6.07) is 46.8. The summed E-state index contributed by atoms with van der Waals surface area (Å²) >= 11 is 0. The lowest BCUT2D eigenvalue weighted by Crippen LogP contribution is -2.46. The van der Waals surface area contributed by atoms with Gasteiger partial charge in [-0.05, 0) is 47.0 Å². The maximum Gasteiger partial charge on any atom is 0.184 e. The smallest absolute Gasteiger partial charge is 0.184 e. The molecule has 12 rings (SSSR count). The van der Waals surface area contributed by atoms with Crippen molar-refractivity contribution in [1.82, 2.24) is 15.2 Å². The van der Waals surface area contributed by atoms with Crippen molar-refractivity contribution in [3.05, 3.63) is 145 Å². The van der Waals surface area contributed by atoms with Gasteiger partial charge in [-0.1, -0.05) is 131 Å². The lowest BCUT2D eigenvalue weighted by Gasteiger charge is -2.33. The van der Waals surface area contributed by atoms with Gasteiger partial charge in [-0.25, -0.2) is 4.99 Å². The van der Waals surface area contributed by atoms with Crippen molar-refractivity contribution in [3.8, 4) is 11.1 Å². The molecule has 2 atom stereocenters. The van der Waals surface area contributed by atoms with E-state index in [1.54, 1.807) is 0 Å². The normalized spacial score (nSPS) is 16.1. The standard InChI is InChI=1S/C43H26N4O2.2C2H6/c1-3-11-23(12-4-1)41-44-42(24-13-5-2-6-14-24)46-43(45-41)47-29-18-8-7-15-27(29)36-39(47)28-21-22-32-37-33-25(16-9-19-30(33)48-32)26-17-10-20-31-34(26)38(35(28)37)40(36)49-31;2*1-2/h1-22,41,43,45H,(H,44,46);2*1-2H3. The highest BCUT2D eigenvalue weighted by atomic mass is 16.3. The molecule has 0 fully saturated rings. The molecule has 7 aromatic carbocycles. The summed E-state index contributed by atoms with van der Waals surface area (Å²) in [6.45, 7) is 8.00. The highest BCUT2D eigenvalue weighted by Crippen LogP contribution is 2.54. The van der Waals surface area contributed by atoms with Crippen LogP contribution in [0.1, 0.15) is 51.3 Å². The molecule has 3 aromatic heterocycles. The van der Waals surface area contributed by atoms with E-state index in [2.05, 4.69) is 143 Å². The third-order valence-corrected chi connectivity index (χ3v) is 10.6. The van der Waals surface area contributed by atoms with Crippen molar-refractivity contribution >= 4 is 82.3 Å². The fourth-order valence-corrected chi connectivity index (χ4v) is 8.63. The Morgan fingerprint density at radius 3 is 1.92 bits per heavy atom. The summed E-state index contributed by atoms with van der Waals surface area (Å²) in [4.78, 5) is 5.42. The lowest BCUT2D eigenvalue weighted by molar-refractivity contribution is 0.341. The van der Waals surface area contributed by atoms with E-state index in [0.717, 1.165) is 88.0 Å². The van der Waals surface area contributed by atoms with Crippen LogP contribution in [0.5, 0.6) is 0 Å². The first-order chi connectivity index (χ1) is 26.3. The minimum absolute atomic E-state index is 0.173. The first kappa shape index (κ1) is 31.4. The number of rotatable bonds is 3. The number of hydrogen-bond donors (Lipinski definition) is 2. The van der Waals surface area contributed by atoms with Gasteiger partial charge in [-0.2, -0.15) is 0 Å². The van der Waals surface area contributed by atoms with Gasteiger partial charge in [-0.15, -0.1) is 0 Å². The van der Waals surface area contributed by atoms with Crippen molar-refractivity contribution in [1.29, 1.82) is 0 Å². The van der Waals surface area contributed by atoms with Crippen LogP contribution in [-0.2, 0) is 0 Å². The maximum absolute atomic E-state index is 6.98. The molecule has 0 radical (unpaired) electrons. The van der Waals surface area contributed by atoms with E-state index in [1.165, 1.54) is 16.5 Å². The topological polar surface area (TPSA) is 67.6 Å². The van der Waals surface area contributed by atoms with Gasteiger partial charge in [0.05, 0.1) is 16.4 Å². The van der Waals surface area contributed by atoms with E-state index in [1.807, 2.05) is 33.8 Å². The molecule has 2 aliphatic rings. The van der Waals surface area contributed by atoms with Gasteiger partial charge in [0.15, 0.2) is 6.29 Å². The summed E-state index contributed by atoms with van der Waals surface area (Å²) in [5, 5.41) is 16.7. The van der Waals surface area contributed by atoms with E-state index >= 15 is 0 Å². The van der Waals surface area contributed by atoms with Crippen LogP contribution in [-0.4, -0.2) is 10.4 Å². The van der Waals surface area contributed by atoms with E-state index in [9.17, 15) is 0 Å². The molecule has 53 heavy (non-hydrogen) atoms. The molecule has 10 aromatic rings. The Kier molecular flexibility index (Phi) is 7.17. The Morgan fingerprint density at radius 1 is 0.528 bits per heavy atom. The van der Waals surface area contributed by atoms with Crippen LogP contribution in [0.3, 0.4) is 0 Å². The molecule has 6 nitrogen and oxygen atoms in total. The van der Waals surface area contributed by atoms with Crippen LogP contribution in [0, 0.1) is 0 Å². The van der Waals surface area contributed by atoms with Crippen LogP contribution in [0.25, 0.3) is 87.6 Å². The second kappa shape index (κ2) is 12.1. The zero-order valence-electron chi connectivity index (χ0n) is 30.1. The van der Waals surface area contributed by atoms with Crippen molar-refractivity contribution < 1.29 is 8.83 Å². The van der Waals surface area contributed by atoms with Crippen molar-refractivity contribution in [2.45, 2.75) is 40.2 Å². The van der Waals surface area contributed by atoms with E-state index in [-0.39, 0.29) is 6.17 Å². The SMILES string of the molecule is CC.CC.c1ccc(C2=NC(n3c4ccccc4c4c5oc6cccc7c6c5c5c(ccc6oc8cccc-7c8c65)c43)NC(c3ccccc3)N2)cc1. The number of aromatic nitrogens is 1. The molecule has 0 spiro atoms. The molecule has 2 unspecified atom stereocenters. The molecule has 6 heteroatoms. The predicted octanol–water partition coefficient (Wildman–Crippen LogP) is 12.6. The molecular formula is C47H38N4O2. The van der Waals surface area contributed by atoms with Crippen LogP contribution in [0.4, 0.5) is 0 Å². The number of amidine groups is 1. The fraction of sp³-hybridized carbons (Fsp3) is 0.128. The number of benzene rings is 7. The van der Waals surface area contributed by atoms with E-state index in [0.29, 0.717) is 0 Å². The van der Waals surface area contributed by atoms with Crippen LogP contribution < -0.4 is 10.6 Å². The zero-order chi connectivity index (χ0) is 35.8. The van der Waals surface area contributed by atoms with Gasteiger partial charge in [0.1, 0.15) is 34.3 Å². The number of para-hydroxylation sites is 1. The number of aliphatic imine (C=N–C) groups is 1. The minimum atomic E-state index is -0.429. The average molecular weight is 691 g/mol. The maximum atomic E-state index is 6.98. The monoisotopic (exact) mass is 690 g/mol. The van der Waals surface area contributed by atoms with Crippen molar-refractivity contribution in [2.75, 3.05) is 0 Å². The molecule has 2 N–H and O–H groups in total. The lowest BCUT2D eigenvalue weighted by atomic mass is 9.97. The van der Waals surface area contributed by atoms with Gasteiger partial charge < -0.3 is 18.7 Å². The van der Waals surface area contributed by atoms with Gasteiger partial charge in [0, 0.05) is 43.3 Å². The zero-order valence-corrected chi connectivity index (χ0v) is 30.1. The highest BCUT2D eigenvalue weighted by molar-refractivity contribution is 6.43. The largest absolute Gasteiger partial charge is 0.456 e. The quantitative estimate of drug-likeness (QED) is 0.194. The van der Waals surface area contributed by atoms with Crippen LogP contribution in [0.15, 0.2) is 147 Å². The first-order valence-electron chi connectivity index (χ1n) is 18.7. The van der Waals surface area contributed by atoms with Gasteiger partial charge in [0.2, 0.25) is 0 Å². The molecule has 1 aliphatic heterocycles. The summed E-state index contributed by atoms with van der Waals surface area (Å²) < 4.78 is 15.9. The first-order valence-corrected chi connectivity index (χ1v) is 18.7. The van der Waals surface area contributed by atoms with Gasteiger partial charge >= 0.3 is 0 Å². The Balaban J connectivity index is 0.000000848. The summed E-state index contributed by atoms with van der Waals surface area (Å²) in [7, 11) is 0. The third-order valence-electron chi connectivity index (χ3n) is 10.6. The Labute approximate surface area is 306 Å². The van der Waals surface area contributed by atoms with Crippen LogP contribution >= 0.6 is 0 Å². The minimum Gasteiger partial charge on any atom is -0.456 e. The molecule has 0 amide bonds. The summed E-state index contributed by atoms with van der Waals surface area (Å²) in [6.07, 6.45) is -0.602. The second-order valence-electron chi connectivity index (χ2n) is 13.1. The summed E-state index contributed by atoms with van der Waals surface area (Å²) in [5.74, 6) is 0.841. The number of nitrogens with zero attached hydrogens (tertiary/aromatic N) is 2. The molecule has 1 aliphatic carbocycles. The Bertz CT molecular complexity index is 3060. The van der Waals surface area contributed by atoms with Crippen molar-refractivity contribution in [3.63, 3.8) is 0 Å². The second-order valence-corrected chi connectivity index (χ2v) is 13.1. The van der Waals surface area contributed by atoms with E-state index < -0.39 is 6.29 Å². The van der Waals surface area contributed by atoms with E-state index in [4.69, 9.17) is 13.8 Å². The molecule has 258 valence electrons. The van der Waals surface area contributed by atoms with Gasteiger partial charge in [0.25, 0.3) is 0 Å². The Morgan fingerprint density at radius 2 is 1.17 bits per heavy atom. The third kappa shape index (κ3) is 4.33. The Hall–Kier alpha value is -6.37. The molecule has 0 bridgehead atoms. The number of nitrogens with one attached hydrogen (secondary N) is 2. The van der Waals surface area contributed by atoms with Crippen molar-refractivity contribution in [2.24, 2.45) is 4.99 Å². The average Bonchev–Trinajstić information content (AvgIpc) is 3.90. The number of hydrogen-bond acceptors (Lipinski definition) is 5. The predicted molar refractivity (Wildman–Crippen MR) is 221 cm³/mol. The molecule has 0 saturated carbocycles. The van der Waals surface area contributed by atoms with Crippen LogP contribution in [0.2, 0.25) is 0 Å². The number of furan rings is 2. The molecular weight excluding hydrogens is 653 g/mol. The molecule has 0 saturated heterocycles. The molecule has 4 heterocycles. The summed E-state index contributed by atoms with van der Waals surface area (Å²) in [5.41, 5.74) is 10.3.